The van der Waals surface area contributed by atoms with Gasteiger partial charge in [0.15, 0.2) is 0 Å². The van der Waals surface area contributed by atoms with Gasteiger partial charge in [0.25, 0.3) is 0 Å². The zero-order chi connectivity index (χ0) is 11.2. The average molecular weight is 217 g/mol. The molecule has 0 bridgehead atoms. The first-order valence-corrected chi connectivity index (χ1v) is 5.80. The summed E-state index contributed by atoms with van der Waals surface area (Å²) in [5.41, 5.74) is 0. The molecule has 3 nitrogen and oxygen atoms in total. The second kappa shape index (κ2) is 6.06. The Bertz CT molecular complexity index is 214. The third kappa shape index (κ3) is 5.27. The fourth-order valence-electron chi connectivity index (χ4n) is 0.663. The minimum Gasteiger partial charge on any atom is -0.355 e. The molecule has 0 heterocycles. The lowest BCUT2D eigenvalue weighted by Crippen LogP contribution is -2.31. The number of ketones is 1. The molecule has 0 saturated carbocycles. The highest BCUT2D eigenvalue weighted by molar-refractivity contribution is 8.02. The summed E-state index contributed by atoms with van der Waals surface area (Å²) >= 11 is 1.38. The number of nitrogens with one attached hydrogen (secondary N) is 1. The first-order chi connectivity index (χ1) is 6.40. The number of thioether (sulfide) groups is 1. The van der Waals surface area contributed by atoms with Crippen molar-refractivity contribution < 1.29 is 9.59 Å². The van der Waals surface area contributed by atoms with Crippen molar-refractivity contribution in [2.24, 2.45) is 0 Å². The molecule has 0 saturated heterocycles. The van der Waals surface area contributed by atoms with E-state index in [4.69, 9.17) is 0 Å². The standard InChI is InChI=1S/C10H19NO2S/c1-5-6-11-9(13)7-14-10(3,4)8(2)12/h5-7H2,1-4H3,(H,11,13). The molecule has 0 aliphatic heterocycles. The lowest BCUT2D eigenvalue weighted by Gasteiger charge is -2.19. The maximum atomic E-state index is 11.2. The summed E-state index contributed by atoms with van der Waals surface area (Å²) in [5.74, 6) is 0.462. The normalized spacial score (nSPS) is 11.1. The van der Waals surface area contributed by atoms with E-state index in [1.54, 1.807) is 6.92 Å². The number of hydrogen-bond acceptors (Lipinski definition) is 3. The zero-order valence-corrected chi connectivity index (χ0v) is 10.2. The molecule has 0 aromatic heterocycles. The van der Waals surface area contributed by atoms with Gasteiger partial charge >= 0.3 is 0 Å². The smallest absolute Gasteiger partial charge is 0.230 e. The van der Waals surface area contributed by atoms with E-state index >= 15 is 0 Å². The van der Waals surface area contributed by atoms with Gasteiger partial charge in [-0.25, -0.2) is 0 Å². The topological polar surface area (TPSA) is 46.2 Å². The van der Waals surface area contributed by atoms with Gasteiger partial charge in [-0.2, -0.15) is 0 Å². The predicted octanol–water partition coefficient (Wildman–Crippen LogP) is 1.61. The summed E-state index contributed by atoms with van der Waals surface area (Å²) in [4.78, 5) is 22.4. The minimum atomic E-state index is -0.455. The van der Waals surface area contributed by atoms with E-state index in [9.17, 15) is 9.59 Å². The van der Waals surface area contributed by atoms with Crippen LogP contribution in [0.4, 0.5) is 0 Å². The van der Waals surface area contributed by atoms with Crippen LogP contribution in [0.25, 0.3) is 0 Å². The number of rotatable bonds is 6. The van der Waals surface area contributed by atoms with Gasteiger partial charge in [0.05, 0.1) is 10.5 Å². The Labute approximate surface area is 90.0 Å². The summed E-state index contributed by atoms with van der Waals surface area (Å²) in [5, 5.41) is 2.77. The molecule has 0 fully saturated rings. The van der Waals surface area contributed by atoms with Crippen LogP contribution in [0.2, 0.25) is 0 Å². The Morgan fingerprint density at radius 1 is 1.36 bits per heavy atom. The Kier molecular flexibility index (Phi) is 5.84. The van der Waals surface area contributed by atoms with E-state index in [1.807, 2.05) is 20.8 Å². The molecule has 82 valence electrons. The summed E-state index contributed by atoms with van der Waals surface area (Å²) in [6.45, 7) is 7.95. The van der Waals surface area contributed by atoms with Crippen molar-refractivity contribution in [2.45, 2.75) is 38.9 Å². The fraction of sp³-hybridized carbons (Fsp3) is 0.800. The number of amides is 1. The second-order valence-electron chi connectivity index (χ2n) is 3.71. The zero-order valence-electron chi connectivity index (χ0n) is 9.35. The van der Waals surface area contributed by atoms with Crippen LogP contribution in [0.1, 0.15) is 34.1 Å². The van der Waals surface area contributed by atoms with Crippen molar-refractivity contribution in [3.8, 4) is 0 Å². The summed E-state index contributed by atoms with van der Waals surface area (Å²) < 4.78 is -0.455. The van der Waals surface area contributed by atoms with Gasteiger partial charge in [-0.3, -0.25) is 9.59 Å². The molecule has 4 heteroatoms. The van der Waals surface area contributed by atoms with Crippen molar-refractivity contribution in [2.75, 3.05) is 12.3 Å². The molecule has 0 aromatic rings. The van der Waals surface area contributed by atoms with Crippen LogP contribution in [0.5, 0.6) is 0 Å². The molecule has 0 atom stereocenters. The molecule has 0 radical (unpaired) electrons. The molecule has 0 rings (SSSR count). The number of Topliss-reactive ketones (excluding diaryl/α,β-unsaturated/α-hetero) is 1. The average Bonchev–Trinajstić information content (AvgIpc) is 2.11. The Balaban J connectivity index is 3.82. The second-order valence-corrected chi connectivity index (χ2v) is 5.30. The largest absolute Gasteiger partial charge is 0.355 e. The van der Waals surface area contributed by atoms with Crippen LogP contribution in [0.3, 0.4) is 0 Å². The monoisotopic (exact) mass is 217 g/mol. The molecule has 0 unspecified atom stereocenters. The number of carbonyl (C=O) groups is 2. The number of carbonyl (C=O) groups excluding carboxylic acids is 2. The van der Waals surface area contributed by atoms with Crippen molar-refractivity contribution in [1.29, 1.82) is 0 Å². The van der Waals surface area contributed by atoms with Crippen LogP contribution < -0.4 is 5.32 Å². The molecule has 0 aliphatic rings. The fourth-order valence-corrected chi connectivity index (χ4v) is 1.46. The highest BCUT2D eigenvalue weighted by atomic mass is 32.2. The van der Waals surface area contributed by atoms with Crippen molar-refractivity contribution in [3.05, 3.63) is 0 Å². The third-order valence-corrected chi connectivity index (χ3v) is 3.40. The highest BCUT2D eigenvalue weighted by Gasteiger charge is 2.24. The molecule has 0 spiro atoms. The van der Waals surface area contributed by atoms with Gasteiger partial charge in [-0.1, -0.05) is 6.92 Å². The minimum absolute atomic E-state index is 0.00572. The predicted molar refractivity (Wildman–Crippen MR) is 60.5 cm³/mol. The van der Waals surface area contributed by atoms with Crippen LogP contribution >= 0.6 is 11.8 Å². The first-order valence-electron chi connectivity index (χ1n) is 4.82. The highest BCUT2D eigenvalue weighted by Crippen LogP contribution is 2.24. The van der Waals surface area contributed by atoms with Crippen LogP contribution in [-0.4, -0.2) is 28.7 Å². The van der Waals surface area contributed by atoms with Gasteiger partial charge in [-0.05, 0) is 27.2 Å². The van der Waals surface area contributed by atoms with Crippen LogP contribution in [-0.2, 0) is 9.59 Å². The van der Waals surface area contributed by atoms with Crippen LogP contribution in [0, 0.1) is 0 Å². The lowest BCUT2D eigenvalue weighted by atomic mass is 10.1. The van der Waals surface area contributed by atoms with Gasteiger partial charge < -0.3 is 5.32 Å². The lowest BCUT2D eigenvalue weighted by molar-refractivity contribution is -0.118. The maximum absolute atomic E-state index is 11.2. The molecule has 0 aliphatic carbocycles. The third-order valence-electron chi connectivity index (χ3n) is 1.98. The van der Waals surface area contributed by atoms with E-state index in [-0.39, 0.29) is 11.7 Å². The maximum Gasteiger partial charge on any atom is 0.230 e. The van der Waals surface area contributed by atoms with Gasteiger partial charge in [-0.15, -0.1) is 11.8 Å². The van der Waals surface area contributed by atoms with Crippen molar-refractivity contribution >= 4 is 23.5 Å². The van der Waals surface area contributed by atoms with Crippen molar-refractivity contribution in [1.82, 2.24) is 5.32 Å². The molecule has 0 aromatic carbocycles. The molecule has 14 heavy (non-hydrogen) atoms. The molecular weight excluding hydrogens is 198 g/mol. The van der Waals surface area contributed by atoms with Gasteiger partial charge in [0, 0.05) is 6.54 Å². The van der Waals surface area contributed by atoms with E-state index < -0.39 is 4.75 Å². The summed E-state index contributed by atoms with van der Waals surface area (Å²) in [6, 6.07) is 0. The van der Waals surface area contributed by atoms with E-state index in [2.05, 4.69) is 5.32 Å². The molecule has 1 amide bonds. The van der Waals surface area contributed by atoms with Crippen molar-refractivity contribution in [3.63, 3.8) is 0 Å². The van der Waals surface area contributed by atoms with E-state index in [0.717, 1.165) is 6.42 Å². The van der Waals surface area contributed by atoms with E-state index in [1.165, 1.54) is 11.8 Å². The van der Waals surface area contributed by atoms with Gasteiger partial charge in [0.1, 0.15) is 5.78 Å². The molecule has 1 N–H and O–H groups in total. The molecular formula is C10H19NO2S. The summed E-state index contributed by atoms with van der Waals surface area (Å²) in [7, 11) is 0. The van der Waals surface area contributed by atoms with Crippen LogP contribution in [0.15, 0.2) is 0 Å². The van der Waals surface area contributed by atoms with Gasteiger partial charge in [0.2, 0.25) is 5.91 Å². The Morgan fingerprint density at radius 2 is 1.93 bits per heavy atom. The first kappa shape index (κ1) is 13.5. The Morgan fingerprint density at radius 3 is 2.36 bits per heavy atom. The SMILES string of the molecule is CCCNC(=O)CSC(C)(C)C(C)=O. The summed E-state index contributed by atoms with van der Waals surface area (Å²) in [6.07, 6.45) is 0.937. The Hall–Kier alpha value is -0.510. The number of hydrogen-bond donors (Lipinski definition) is 1. The van der Waals surface area contributed by atoms with E-state index in [0.29, 0.717) is 12.3 Å². The quantitative estimate of drug-likeness (QED) is 0.735.